The minimum atomic E-state index is -0.400. The van der Waals surface area contributed by atoms with Crippen molar-refractivity contribution in [3.05, 3.63) is 18.0 Å². The quantitative estimate of drug-likeness (QED) is 0.679. The molecule has 0 aromatic carbocycles. The third-order valence-corrected chi connectivity index (χ3v) is 3.24. The highest BCUT2D eigenvalue weighted by molar-refractivity contribution is 5.78. The number of aromatic amines is 1. The maximum absolute atomic E-state index is 11.8. The van der Waals surface area contributed by atoms with E-state index >= 15 is 0 Å². The number of rotatable bonds is 3. The largest absolute Gasteiger partial charge is 0.391 e. The van der Waals surface area contributed by atoms with Crippen LogP contribution < -0.4 is 5.32 Å². The number of aliphatic hydroxyl groups is 1. The Morgan fingerprint density at radius 2 is 2.29 bits per heavy atom. The van der Waals surface area contributed by atoms with Gasteiger partial charge in [-0.3, -0.25) is 9.89 Å². The summed E-state index contributed by atoms with van der Waals surface area (Å²) in [7, 11) is 0. The van der Waals surface area contributed by atoms with Crippen LogP contribution in [0, 0.1) is 0 Å². The Balaban J connectivity index is 1.84. The zero-order valence-electron chi connectivity index (χ0n) is 9.85. The van der Waals surface area contributed by atoms with E-state index in [1.807, 2.05) is 0 Å². The van der Waals surface area contributed by atoms with Crippen molar-refractivity contribution >= 4 is 5.91 Å². The molecule has 94 valence electrons. The Kier molecular flexibility index (Phi) is 4.14. The summed E-state index contributed by atoms with van der Waals surface area (Å²) in [6, 6.07) is 1.69. The third-order valence-electron chi connectivity index (χ3n) is 3.24. The number of nitrogens with one attached hydrogen (secondary N) is 2. The fraction of sp³-hybridized carbons (Fsp3) is 0.667. The van der Waals surface area contributed by atoms with Crippen LogP contribution in [0.5, 0.6) is 0 Å². The van der Waals surface area contributed by atoms with Crippen molar-refractivity contribution in [3.8, 4) is 0 Å². The summed E-state index contributed by atoms with van der Waals surface area (Å²) >= 11 is 0. The van der Waals surface area contributed by atoms with Crippen LogP contribution in [-0.2, 0) is 11.2 Å². The molecule has 0 bridgehead atoms. The van der Waals surface area contributed by atoms with Gasteiger partial charge in [-0.05, 0) is 18.9 Å². The SMILES string of the molecule is O=C(Cc1ccn[nH]1)NC1CCCCCC1O. The van der Waals surface area contributed by atoms with E-state index in [2.05, 4.69) is 15.5 Å². The highest BCUT2D eigenvalue weighted by Crippen LogP contribution is 2.18. The van der Waals surface area contributed by atoms with Crippen LogP contribution in [0.2, 0.25) is 0 Å². The maximum atomic E-state index is 11.8. The van der Waals surface area contributed by atoms with Crippen molar-refractivity contribution in [1.82, 2.24) is 15.5 Å². The van der Waals surface area contributed by atoms with E-state index in [-0.39, 0.29) is 11.9 Å². The fourth-order valence-corrected chi connectivity index (χ4v) is 2.27. The second kappa shape index (κ2) is 5.82. The lowest BCUT2D eigenvalue weighted by molar-refractivity contribution is -0.122. The molecule has 2 rings (SSSR count). The molecule has 1 aliphatic carbocycles. The Morgan fingerprint density at radius 1 is 1.47 bits per heavy atom. The fourth-order valence-electron chi connectivity index (χ4n) is 2.27. The van der Waals surface area contributed by atoms with Gasteiger partial charge in [0, 0.05) is 11.9 Å². The average molecular weight is 237 g/mol. The zero-order valence-corrected chi connectivity index (χ0v) is 9.85. The molecule has 1 aromatic rings. The summed E-state index contributed by atoms with van der Waals surface area (Å²) in [4.78, 5) is 11.8. The van der Waals surface area contributed by atoms with Gasteiger partial charge in [-0.15, -0.1) is 0 Å². The second-order valence-corrected chi connectivity index (χ2v) is 4.64. The highest BCUT2D eigenvalue weighted by Gasteiger charge is 2.23. The zero-order chi connectivity index (χ0) is 12.1. The van der Waals surface area contributed by atoms with Gasteiger partial charge in [-0.25, -0.2) is 0 Å². The number of H-pyrrole nitrogens is 1. The molecule has 0 aliphatic heterocycles. The van der Waals surface area contributed by atoms with Crippen LogP contribution in [0.25, 0.3) is 0 Å². The molecule has 0 radical (unpaired) electrons. The first-order valence-corrected chi connectivity index (χ1v) is 6.21. The predicted molar refractivity (Wildman–Crippen MR) is 63.3 cm³/mol. The van der Waals surface area contributed by atoms with E-state index in [0.717, 1.165) is 37.8 Å². The van der Waals surface area contributed by atoms with Gasteiger partial charge >= 0.3 is 0 Å². The molecule has 1 aliphatic rings. The molecule has 0 saturated heterocycles. The van der Waals surface area contributed by atoms with E-state index in [4.69, 9.17) is 0 Å². The summed E-state index contributed by atoms with van der Waals surface area (Å²) in [6.45, 7) is 0. The lowest BCUT2D eigenvalue weighted by Crippen LogP contribution is -2.43. The van der Waals surface area contributed by atoms with Crippen LogP contribution in [0.3, 0.4) is 0 Å². The minimum Gasteiger partial charge on any atom is -0.391 e. The van der Waals surface area contributed by atoms with Crippen LogP contribution in [-0.4, -0.2) is 33.4 Å². The highest BCUT2D eigenvalue weighted by atomic mass is 16.3. The van der Waals surface area contributed by atoms with Crippen molar-refractivity contribution < 1.29 is 9.90 Å². The normalized spacial score (nSPS) is 25.2. The number of hydrogen-bond donors (Lipinski definition) is 3. The summed E-state index contributed by atoms with van der Waals surface area (Å²) in [5.41, 5.74) is 0.797. The first kappa shape index (κ1) is 12.1. The van der Waals surface area contributed by atoms with Gasteiger partial charge in [-0.2, -0.15) is 5.10 Å². The molecule has 1 heterocycles. The summed E-state index contributed by atoms with van der Waals surface area (Å²) in [6.07, 6.45) is 6.45. The lowest BCUT2D eigenvalue weighted by atomic mass is 10.1. The topological polar surface area (TPSA) is 78.0 Å². The maximum Gasteiger partial charge on any atom is 0.226 e. The molecule has 1 saturated carbocycles. The number of hydrogen-bond acceptors (Lipinski definition) is 3. The average Bonchev–Trinajstić information content (AvgIpc) is 2.71. The second-order valence-electron chi connectivity index (χ2n) is 4.64. The van der Waals surface area contributed by atoms with Gasteiger partial charge in [-0.1, -0.05) is 19.3 Å². The van der Waals surface area contributed by atoms with Crippen LogP contribution >= 0.6 is 0 Å². The molecular weight excluding hydrogens is 218 g/mol. The summed E-state index contributed by atoms with van der Waals surface area (Å²) in [5.74, 6) is -0.0554. The molecule has 5 heteroatoms. The van der Waals surface area contributed by atoms with E-state index in [1.165, 1.54) is 0 Å². The molecule has 17 heavy (non-hydrogen) atoms. The molecule has 1 amide bonds. The Morgan fingerprint density at radius 3 is 3.06 bits per heavy atom. The number of aliphatic hydroxyl groups excluding tert-OH is 1. The van der Waals surface area contributed by atoms with Crippen LogP contribution in [0.1, 0.15) is 37.8 Å². The molecule has 0 spiro atoms. The monoisotopic (exact) mass is 237 g/mol. The van der Waals surface area contributed by atoms with Gasteiger partial charge in [0.05, 0.1) is 18.6 Å². The summed E-state index contributed by atoms with van der Waals surface area (Å²) < 4.78 is 0. The Hall–Kier alpha value is -1.36. The number of carbonyl (C=O) groups excluding carboxylic acids is 1. The Labute approximate surface area is 101 Å². The Bertz CT molecular complexity index is 351. The van der Waals surface area contributed by atoms with Gasteiger partial charge in [0.15, 0.2) is 0 Å². The van der Waals surface area contributed by atoms with Crippen molar-refractivity contribution in [3.63, 3.8) is 0 Å². The number of nitrogens with zero attached hydrogens (tertiary/aromatic N) is 1. The van der Waals surface area contributed by atoms with Gasteiger partial charge in [0.1, 0.15) is 0 Å². The van der Waals surface area contributed by atoms with Crippen molar-refractivity contribution in [2.24, 2.45) is 0 Å². The molecule has 3 N–H and O–H groups in total. The molecule has 2 atom stereocenters. The smallest absolute Gasteiger partial charge is 0.226 e. The van der Waals surface area contributed by atoms with Gasteiger partial charge in [0.2, 0.25) is 5.91 Å². The molecule has 2 unspecified atom stereocenters. The predicted octanol–water partition coefficient (Wildman–Crippen LogP) is 0.762. The number of aromatic nitrogens is 2. The molecule has 1 aromatic heterocycles. The molecular formula is C12H19N3O2. The van der Waals surface area contributed by atoms with Crippen molar-refractivity contribution in [2.45, 2.75) is 50.7 Å². The van der Waals surface area contributed by atoms with Crippen LogP contribution in [0.4, 0.5) is 0 Å². The van der Waals surface area contributed by atoms with E-state index in [9.17, 15) is 9.90 Å². The number of carbonyl (C=O) groups is 1. The summed E-state index contributed by atoms with van der Waals surface area (Å²) in [5, 5.41) is 19.4. The van der Waals surface area contributed by atoms with E-state index in [1.54, 1.807) is 12.3 Å². The lowest BCUT2D eigenvalue weighted by Gasteiger charge is -2.21. The first-order chi connectivity index (χ1) is 8.25. The number of amides is 1. The van der Waals surface area contributed by atoms with Crippen molar-refractivity contribution in [1.29, 1.82) is 0 Å². The molecule has 1 fully saturated rings. The van der Waals surface area contributed by atoms with Crippen LogP contribution in [0.15, 0.2) is 12.3 Å². The van der Waals surface area contributed by atoms with Crippen molar-refractivity contribution in [2.75, 3.05) is 0 Å². The van der Waals surface area contributed by atoms with E-state index < -0.39 is 6.10 Å². The van der Waals surface area contributed by atoms with Gasteiger partial charge < -0.3 is 10.4 Å². The molecule has 5 nitrogen and oxygen atoms in total. The first-order valence-electron chi connectivity index (χ1n) is 6.21. The minimum absolute atomic E-state index is 0.0554. The standard InChI is InChI=1S/C12H19N3O2/c16-11-5-3-1-2-4-10(11)14-12(17)8-9-6-7-13-15-9/h6-7,10-11,16H,1-5,8H2,(H,13,15)(H,14,17). The van der Waals surface area contributed by atoms with E-state index in [0.29, 0.717) is 6.42 Å². The van der Waals surface area contributed by atoms with Gasteiger partial charge in [0.25, 0.3) is 0 Å². The third kappa shape index (κ3) is 3.56.